The summed E-state index contributed by atoms with van der Waals surface area (Å²) in [6.45, 7) is 4.50. The molecule has 0 heterocycles. The van der Waals surface area contributed by atoms with Gasteiger partial charge in [0.05, 0.1) is 20.6 Å². The molecule has 2 fully saturated rings. The van der Waals surface area contributed by atoms with E-state index >= 15 is 8.78 Å². The van der Waals surface area contributed by atoms with E-state index in [2.05, 4.69) is 13.8 Å². The van der Waals surface area contributed by atoms with E-state index in [0.29, 0.717) is 40.5 Å². The summed E-state index contributed by atoms with van der Waals surface area (Å²) in [5.41, 5.74) is 3.32. The molecule has 2 atom stereocenters. The number of benzene rings is 3. The molecule has 0 radical (unpaired) electrons. The van der Waals surface area contributed by atoms with Crippen LogP contribution >= 0.6 is 0 Å². The van der Waals surface area contributed by atoms with Crippen LogP contribution in [0.2, 0.25) is 0 Å². The van der Waals surface area contributed by atoms with Gasteiger partial charge in [0.15, 0.2) is 0 Å². The van der Waals surface area contributed by atoms with Crippen molar-refractivity contribution >= 4 is 5.97 Å². The minimum Gasteiger partial charge on any atom is -0.497 e. The molecule has 212 valence electrons. The molecule has 5 rings (SSSR count). The van der Waals surface area contributed by atoms with Gasteiger partial charge in [0.2, 0.25) is 0 Å². The van der Waals surface area contributed by atoms with Crippen molar-refractivity contribution in [1.82, 2.24) is 0 Å². The first-order valence-electron chi connectivity index (χ1n) is 14.2. The number of rotatable bonds is 10. The summed E-state index contributed by atoms with van der Waals surface area (Å²) < 4.78 is 47.1. The molecule has 0 bridgehead atoms. The van der Waals surface area contributed by atoms with Gasteiger partial charge in [-0.05, 0) is 108 Å². The van der Waals surface area contributed by atoms with Crippen molar-refractivity contribution in [2.24, 2.45) is 11.3 Å². The van der Waals surface area contributed by atoms with E-state index in [1.165, 1.54) is 26.4 Å². The standard InChI is InChI=1S/C34H38F2O4/c1-34(2)14-6-9-30(34)28-16-23(32(36)18-27(28)29-17-24(38-3)12-13-31(29)35)20-40-25-8-5-7-22(15-25)26(21-10-11-21)19-33(37)39-4/h5,7-8,12-13,15-18,21,26,30H,6,9-11,14,19-20H2,1-4H3/t26-,30-/m1/s1. The maximum atomic E-state index is 15.6. The molecule has 3 aromatic rings. The molecule has 6 heteroatoms. The van der Waals surface area contributed by atoms with E-state index in [1.807, 2.05) is 30.3 Å². The second-order valence-electron chi connectivity index (χ2n) is 11.9. The smallest absolute Gasteiger partial charge is 0.306 e. The fraction of sp³-hybridized carbons (Fsp3) is 0.441. The molecule has 40 heavy (non-hydrogen) atoms. The summed E-state index contributed by atoms with van der Waals surface area (Å²) >= 11 is 0. The second-order valence-corrected chi connectivity index (χ2v) is 11.9. The molecule has 0 aliphatic heterocycles. The van der Waals surface area contributed by atoms with Gasteiger partial charge in [-0.1, -0.05) is 32.4 Å². The van der Waals surface area contributed by atoms with Gasteiger partial charge in [0, 0.05) is 11.1 Å². The minimum atomic E-state index is -0.436. The first-order chi connectivity index (χ1) is 19.2. The lowest BCUT2D eigenvalue weighted by molar-refractivity contribution is -0.141. The quantitative estimate of drug-likeness (QED) is 0.238. The minimum absolute atomic E-state index is 0.00580. The summed E-state index contributed by atoms with van der Waals surface area (Å²) in [5.74, 6) is 0.795. The van der Waals surface area contributed by atoms with Gasteiger partial charge in [-0.3, -0.25) is 4.79 Å². The number of ether oxygens (including phenoxy) is 3. The molecule has 0 saturated heterocycles. The lowest BCUT2D eigenvalue weighted by atomic mass is 9.75. The van der Waals surface area contributed by atoms with Crippen molar-refractivity contribution in [1.29, 1.82) is 0 Å². The van der Waals surface area contributed by atoms with Crippen LogP contribution in [0.1, 0.15) is 80.9 Å². The molecule has 0 N–H and O–H groups in total. The highest BCUT2D eigenvalue weighted by Gasteiger charge is 2.38. The Kier molecular flexibility index (Phi) is 8.16. The lowest BCUT2D eigenvalue weighted by Crippen LogP contribution is -2.17. The highest BCUT2D eigenvalue weighted by atomic mass is 19.1. The Morgan fingerprint density at radius 2 is 1.75 bits per heavy atom. The van der Waals surface area contributed by atoms with E-state index in [4.69, 9.17) is 14.2 Å². The molecule has 0 aromatic heterocycles. The highest BCUT2D eigenvalue weighted by molar-refractivity contribution is 5.71. The molecule has 2 saturated carbocycles. The Labute approximate surface area is 235 Å². The van der Waals surface area contributed by atoms with E-state index in [9.17, 15) is 4.79 Å². The van der Waals surface area contributed by atoms with Crippen LogP contribution in [-0.2, 0) is 16.1 Å². The molecule has 4 nitrogen and oxygen atoms in total. The van der Waals surface area contributed by atoms with Crippen molar-refractivity contribution in [3.05, 3.63) is 82.9 Å². The molecular formula is C34H38F2O4. The Morgan fingerprint density at radius 1 is 0.950 bits per heavy atom. The first-order valence-corrected chi connectivity index (χ1v) is 14.2. The predicted molar refractivity (Wildman–Crippen MR) is 152 cm³/mol. The summed E-state index contributed by atoms with van der Waals surface area (Å²) in [4.78, 5) is 12.0. The van der Waals surface area contributed by atoms with Crippen LogP contribution in [0.4, 0.5) is 8.78 Å². The number of halogens is 2. The van der Waals surface area contributed by atoms with Crippen LogP contribution in [0.3, 0.4) is 0 Å². The third-order valence-electron chi connectivity index (χ3n) is 8.80. The van der Waals surface area contributed by atoms with Crippen molar-refractivity contribution in [3.8, 4) is 22.6 Å². The fourth-order valence-corrected chi connectivity index (χ4v) is 6.32. The van der Waals surface area contributed by atoms with Crippen LogP contribution in [-0.4, -0.2) is 20.2 Å². The molecule has 0 spiro atoms. The summed E-state index contributed by atoms with van der Waals surface area (Å²) in [5, 5.41) is 0. The van der Waals surface area contributed by atoms with Crippen LogP contribution in [0.5, 0.6) is 11.5 Å². The summed E-state index contributed by atoms with van der Waals surface area (Å²) in [6.07, 6.45) is 5.62. The van der Waals surface area contributed by atoms with Crippen LogP contribution in [0, 0.1) is 23.0 Å². The number of esters is 1. The Hall–Kier alpha value is -3.41. The van der Waals surface area contributed by atoms with Crippen molar-refractivity contribution in [2.75, 3.05) is 14.2 Å². The average Bonchev–Trinajstić information content (AvgIpc) is 3.73. The van der Waals surface area contributed by atoms with E-state index in [0.717, 1.165) is 43.2 Å². The third kappa shape index (κ3) is 6.01. The zero-order chi connectivity index (χ0) is 28.4. The second kappa shape index (κ2) is 11.6. The SMILES string of the molecule is COC(=O)C[C@@H](c1cccc(OCc2cc([C@H]3CCCC3(C)C)c(-c3cc(OC)ccc3F)cc2F)c1)C1CC1. The van der Waals surface area contributed by atoms with Crippen molar-refractivity contribution < 1.29 is 27.8 Å². The van der Waals surface area contributed by atoms with Crippen molar-refractivity contribution in [2.45, 2.75) is 70.8 Å². The first kappa shape index (κ1) is 28.1. The van der Waals surface area contributed by atoms with Crippen LogP contribution < -0.4 is 9.47 Å². The van der Waals surface area contributed by atoms with E-state index < -0.39 is 11.6 Å². The monoisotopic (exact) mass is 548 g/mol. The number of carbonyl (C=O) groups excluding carboxylic acids is 1. The molecule has 0 amide bonds. The Morgan fingerprint density at radius 3 is 2.42 bits per heavy atom. The highest BCUT2D eigenvalue weighted by Crippen LogP contribution is 2.52. The van der Waals surface area contributed by atoms with E-state index in [1.54, 1.807) is 12.1 Å². The zero-order valence-electron chi connectivity index (χ0n) is 23.8. The number of hydrogen-bond donors (Lipinski definition) is 0. The van der Waals surface area contributed by atoms with Crippen LogP contribution in [0.25, 0.3) is 11.1 Å². The molecule has 2 aliphatic carbocycles. The zero-order valence-corrected chi connectivity index (χ0v) is 23.8. The van der Waals surface area contributed by atoms with Gasteiger partial charge in [-0.2, -0.15) is 0 Å². The number of methoxy groups -OCH3 is 2. The maximum Gasteiger partial charge on any atom is 0.306 e. The average molecular weight is 549 g/mol. The van der Waals surface area contributed by atoms with E-state index in [-0.39, 0.29) is 29.8 Å². The molecule has 3 aromatic carbocycles. The molecule has 2 aliphatic rings. The third-order valence-corrected chi connectivity index (χ3v) is 8.80. The maximum absolute atomic E-state index is 15.6. The molecular weight excluding hydrogens is 510 g/mol. The van der Waals surface area contributed by atoms with Gasteiger partial charge < -0.3 is 14.2 Å². The van der Waals surface area contributed by atoms with Gasteiger partial charge in [0.1, 0.15) is 29.7 Å². The normalized spacial score (nSPS) is 18.8. The Balaban J connectivity index is 1.46. The van der Waals surface area contributed by atoms with Gasteiger partial charge in [-0.15, -0.1) is 0 Å². The van der Waals surface area contributed by atoms with Crippen LogP contribution in [0.15, 0.2) is 54.6 Å². The van der Waals surface area contributed by atoms with Crippen molar-refractivity contribution in [3.63, 3.8) is 0 Å². The fourth-order valence-electron chi connectivity index (χ4n) is 6.32. The molecule has 0 unspecified atom stereocenters. The predicted octanol–water partition coefficient (Wildman–Crippen LogP) is 8.57. The summed E-state index contributed by atoms with van der Waals surface area (Å²) in [6, 6.07) is 15.6. The van der Waals surface area contributed by atoms with Gasteiger partial charge in [-0.25, -0.2) is 8.78 Å². The number of hydrogen-bond acceptors (Lipinski definition) is 4. The number of carbonyl (C=O) groups is 1. The van der Waals surface area contributed by atoms with Gasteiger partial charge >= 0.3 is 5.97 Å². The summed E-state index contributed by atoms with van der Waals surface area (Å²) in [7, 11) is 2.95. The largest absolute Gasteiger partial charge is 0.497 e. The Bertz CT molecular complexity index is 1380. The van der Waals surface area contributed by atoms with Gasteiger partial charge in [0.25, 0.3) is 0 Å². The topological polar surface area (TPSA) is 44.8 Å². The lowest BCUT2D eigenvalue weighted by Gasteiger charge is -2.30.